The van der Waals surface area contributed by atoms with Gasteiger partial charge < -0.3 is 20.3 Å². The standard InChI is InChI=1S/C12H25NO3/c1-9(2)12(6-14)13-5-11(15)8-16-7-10-3-4-10/h9-15H,3-8H2,1-2H3. The molecule has 0 amide bonds. The zero-order valence-corrected chi connectivity index (χ0v) is 10.4. The summed E-state index contributed by atoms with van der Waals surface area (Å²) in [4.78, 5) is 0. The van der Waals surface area contributed by atoms with Crippen LogP contribution in [0.5, 0.6) is 0 Å². The fourth-order valence-electron chi connectivity index (χ4n) is 1.51. The van der Waals surface area contributed by atoms with Gasteiger partial charge in [-0.25, -0.2) is 0 Å². The Morgan fingerprint density at radius 2 is 2.06 bits per heavy atom. The summed E-state index contributed by atoms with van der Waals surface area (Å²) in [5, 5.41) is 21.9. The van der Waals surface area contributed by atoms with E-state index in [1.807, 2.05) is 13.8 Å². The minimum absolute atomic E-state index is 0.0538. The number of rotatable bonds is 9. The van der Waals surface area contributed by atoms with Gasteiger partial charge in [0, 0.05) is 19.2 Å². The zero-order chi connectivity index (χ0) is 12.0. The van der Waals surface area contributed by atoms with E-state index in [1.165, 1.54) is 12.8 Å². The highest BCUT2D eigenvalue weighted by atomic mass is 16.5. The van der Waals surface area contributed by atoms with Crippen molar-refractivity contribution in [3.8, 4) is 0 Å². The molecule has 0 saturated heterocycles. The first kappa shape index (κ1) is 13.9. The van der Waals surface area contributed by atoms with Gasteiger partial charge in [0.2, 0.25) is 0 Å². The molecule has 0 bridgehead atoms. The van der Waals surface area contributed by atoms with Gasteiger partial charge in [0.05, 0.1) is 19.3 Å². The summed E-state index contributed by atoms with van der Waals surface area (Å²) in [6.45, 7) is 5.85. The first-order valence-electron chi connectivity index (χ1n) is 6.23. The van der Waals surface area contributed by atoms with Crippen LogP contribution in [0.2, 0.25) is 0 Å². The molecule has 1 rings (SSSR count). The smallest absolute Gasteiger partial charge is 0.0897 e. The molecule has 2 atom stereocenters. The molecule has 0 aliphatic heterocycles. The maximum absolute atomic E-state index is 9.64. The molecule has 16 heavy (non-hydrogen) atoms. The summed E-state index contributed by atoms with van der Waals surface area (Å²) in [6.07, 6.45) is 2.06. The molecule has 4 nitrogen and oxygen atoms in total. The lowest BCUT2D eigenvalue weighted by Gasteiger charge is -2.21. The SMILES string of the molecule is CC(C)C(CO)NCC(O)COCC1CC1. The largest absolute Gasteiger partial charge is 0.395 e. The average Bonchev–Trinajstić information content (AvgIpc) is 3.02. The van der Waals surface area contributed by atoms with Gasteiger partial charge in [-0.3, -0.25) is 0 Å². The van der Waals surface area contributed by atoms with Gasteiger partial charge >= 0.3 is 0 Å². The van der Waals surface area contributed by atoms with Gasteiger partial charge in [-0.05, 0) is 24.7 Å². The summed E-state index contributed by atoms with van der Waals surface area (Å²) in [5.74, 6) is 1.10. The topological polar surface area (TPSA) is 61.7 Å². The van der Waals surface area contributed by atoms with Gasteiger partial charge in [-0.15, -0.1) is 0 Å². The number of ether oxygens (including phenoxy) is 1. The Labute approximate surface area is 98.0 Å². The predicted octanol–water partition coefficient (Wildman–Crippen LogP) is 0.380. The molecule has 0 aromatic rings. The monoisotopic (exact) mass is 231 g/mol. The summed E-state index contributed by atoms with van der Waals surface area (Å²) < 4.78 is 5.39. The van der Waals surface area contributed by atoms with Crippen molar-refractivity contribution in [1.82, 2.24) is 5.32 Å². The average molecular weight is 231 g/mol. The van der Waals surface area contributed by atoms with E-state index < -0.39 is 6.10 Å². The molecule has 1 aliphatic rings. The molecule has 0 spiro atoms. The van der Waals surface area contributed by atoms with Crippen LogP contribution in [0.4, 0.5) is 0 Å². The molecular formula is C12H25NO3. The highest BCUT2D eigenvalue weighted by molar-refractivity contribution is 4.73. The third kappa shape index (κ3) is 5.80. The molecule has 0 radical (unpaired) electrons. The van der Waals surface area contributed by atoms with Gasteiger partial charge in [0.1, 0.15) is 0 Å². The van der Waals surface area contributed by atoms with E-state index in [2.05, 4.69) is 5.32 Å². The quantitative estimate of drug-likeness (QED) is 0.537. The normalized spacial score (nSPS) is 20.1. The molecule has 0 aromatic carbocycles. The fourth-order valence-corrected chi connectivity index (χ4v) is 1.51. The van der Waals surface area contributed by atoms with Crippen molar-refractivity contribution in [2.75, 3.05) is 26.4 Å². The third-order valence-corrected chi connectivity index (χ3v) is 2.98. The van der Waals surface area contributed by atoms with Crippen molar-refractivity contribution in [3.63, 3.8) is 0 Å². The number of hydrogen-bond donors (Lipinski definition) is 3. The molecular weight excluding hydrogens is 206 g/mol. The van der Waals surface area contributed by atoms with Crippen LogP contribution in [0.15, 0.2) is 0 Å². The lowest BCUT2D eigenvalue weighted by molar-refractivity contribution is 0.0291. The Morgan fingerprint density at radius 1 is 1.38 bits per heavy atom. The molecule has 3 N–H and O–H groups in total. The van der Waals surface area contributed by atoms with Crippen molar-refractivity contribution >= 4 is 0 Å². The molecule has 2 unspecified atom stereocenters. The molecule has 0 heterocycles. The summed E-state index contributed by atoms with van der Waals surface area (Å²) >= 11 is 0. The van der Waals surface area contributed by atoms with Crippen molar-refractivity contribution in [2.45, 2.75) is 38.8 Å². The van der Waals surface area contributed by atoms with Crippen LogP contribution in [0.3, 0.4) is 0 Å². The van der Waals surface area contributed by atoms with E-state index in [0.717, 1.165) is 12.5 Å². The number of aliphatic hydroxyl groups is 2. The van der Waals surface area contributed by atoms with Crippen LogP contribution < -0.4 is 5.32 Å². The lowest BCUT2D eigenvalue weighted by Crippen LogP contribution is -2.42. The highest BCUT2D eigenvalue weighted by Crippen LogP contribution is 2.28. The number of hydrogen-bond acceptors (Lipinski definition) is 4. The minimum atomic E-state index is -0.480. The Balaban J connectivity index is 2.00. The van der Waals surface area contributed by atoms with Crippen LogP contribution in [-0.4, -0.2) is 48.7 Å². The van der Waals surface area contributed by atoms with Crippen LogP contribution in [-0.2, 0) is 4.74 Å². The van der Waals surface area contributed by atoms with E-state index >= 15 is 0 Å². The van der Waals surface area contributed by atoms with E-state index in [4.69, 9.17) is 9.84 Å². The third-order valence-electron chi connectivity index (χ3n) is 2.98. The van der Waals surface area contributed by atoms with Crippen LogP contribution >= 0.6 is 0 Å². The number of nitrogens with one attached hydrogen (secondary N) is 1. The van der Waals surface area contributed by atoms with Crippen molar-refractivity contribution in [2.24, 2.45) is 11.8 Å². The van der Waals surface area contributed by atoms with Crippen molar-refractivity contribution < 1.29 is 14.9 Å². The fraction of sp³-hybridized carbons (Fsp3) is 1.00. The second-order valence-corrected chi connectivity index (χ2v) is 5.08. The van der Waals surface area contributed by atoms with Crippen LogP contribution in [0, 0.1) is 11.8 Å². The number of aliphatic hydroxyl groups excluding tert-OH is 2. The zero-order valence-electron chi connectivity index (χ0n) is 10.4. The highest BCUT2D eigenvalue weighted by Gasteiger charge is 2.21. The van der Waals surface area contributed by atoms with Crippen LogP contribution in [0.25, 0.3) is 0 Å². The molecule has 1 fully saturated rings. The van der Waals surface area contributed by atoms with E-state index in [1.54, 1.807) is 0 Å². The van der Waals surface area contributed by atoms with Gasteiger partial charge in [-0.2, -0.15) is 0 Å². The molecule has 96 valence electrons. The lowest BCUT2D eigenvalue weighted by atomic mass is 10.1. The second kappa shape index (κ2) is 7.22. The second-order valence-electron chi connectivity index (χ2n) is 5.08. The maximum Gasteiger partial charge on any atom is 0.0897 e. The summed E-state index contributed by atoms with van der Waals surface area (Å²) in [6, 6.07) is 0.0538. The maximum atomic E-state index is 9.64. The Bertz CT molecular complexity index is 183. The molecule has 0 aromatic heterocycles. The predicted molar refractivity (Wildman–Crippen MR) is 63.3 cm³/mol. The van der Waals surface area contributed by atoms with Crippen LogP contribution in [0.1, 0.15) is 26.7 Å². The van der Waals surface area contributed by atoms with Gasteiger partial charge in [0.15, 0.2) is 0 Å². The van der Waals surface area contributed by atoms with E-state index in [-0.39, 0.29) is 12.6 Å². The van der Waals surface area contributed by atoms with Gasteiger partial charge in [-0.1, -0.05) is 13.8 Å². The first-order valence-corrected chi connectivity index (χ1v) is 6.23. The minimum Gasteiger partial charge on any atom is -0.395 e. The van der Waals surface area contributed by atoms with E-state index in [9.17, 15) is 5.11 Å². The molecule has 1 aliphatic carbocycles. The van der Waals surface area contributed by atoms with E-state index in [0.29, 0.717) is 19.1 Å². The Morgan fingerprint density at radius 3 is 2.56 bits per heavy atom. The van der Waals surface area contributed by atoms with Crippen molar-refractivity contribution in [3.05, 3.63) is 0 Å². The summed E-state index contributed by atoms with van der Waals surface area (Å²) in [5.41, 5.74) is 0. The molecule has 1 saturated carbocycles. The summed E-state index contributed by atoms with van der Waals surface area (Å²) in [7, 11) is 0. The Hall–Kier alpha value is -0.160. The van der Waals surface area contributed by atoms with Gasteiger partial charge in [0.25, 0.3) is 0 Å². The Kier molecular flexibility index (Phi) is 6.28. The molecule has 4 heteroatoms. The first-order chi connectivity index (χ1) is 7.63. The van der Waals surface area contributed by atoms with Crippen molar-refractivity contribution in [1.29, 1.82) is 0 Å².